The first-order valence-electron chi connectivity index (χ1n) is 5.86. The van der Waals surface area contributed by atoms with E-state index >= 15 is 0 Å². The Bertz CT molecular complexity index is 788. The van der Waals surface area contributed by atoms with Crippen LogP contribution in [0, 0.1) is 0 Å². The summed E-state index contributed by atoms with van der Waals surface area (Å²) in [5, 5.41) is 8.38. The van der Waals surface area contributed by atoms with Gasteiger partial charge in [0.25, 0.3) is 15.9 Å². The van der Waals surface area contributed by atoms with E-state index in [1.165, 1.54) is 12.1 Å². The Kier molecular flexibility index (Phi) is 5.39. The molecule has 0 saturated carbocycles. The monoisotopic (exact) mass is 322 g/mol. The van der Waals surface area contributed by atoms with E-state index in [9.17, 15) is 18.0 Å². The van der Waals surface area contributed by atoms with Gasteiger partial charge in [-0.2, -0.15) is 0 Å². The molecule has 1 heterocycles. The molecular weight excluding hydrogens is 308 g/mol. The van der Waals surface area contributed by atoms with Crippen LogP contribution in [-0.2, 0) is 10.0 Å². The highest BCUT2D eigenvalue weighted by atomic mass is 32.2. The number of rotatable bonds is 1. The summed E-state index contributed by atoms with van der Waals surface area (Å²) in [5.74, 6) is -1.43. The predicted molar refractivity (Wildman–Crippen MR) is 79.5 cm³/mol. The number of carbonyl (C=O) groups excluding carboxylic acids is 1. The molecule has 5 N–H and O–H groups in total. The summed E-state index contributed by atoms with van der Waals surface area (Å²) >= 11 is 0. The molecule has 116 valence electrons. The smallest absolute Gasteiger partial charge is 0.335 e. The number of hydrogen-bond acceptors (Lipinski definition) is 5. The molecule has 3 rings (SSSR count). The minimum atomic E-state index is -3.55. The SMILES string of the molecule is N.O=C(O)c1ccccc1.O=C1NS(=O)(=O)c2ccccc21. The van der Waals surface area contributed by atoms with Crippen molar-refractivity contribution in [1.29, 1.82) is 0 Å². The fourth-order valence-electron chi connectivity index (χ4n) is 1.70. The van der Waals surface area contributed by atoms with Crippen molar-refractivity contribution in [3.8, 4) is 0 Å². The van der Waals surface area contributed by atoms with Crippen LogP contribution >= 0.6 is 0 Å². The second-order valence-electron chi connectivity index (χ2n) is 4.10. The zero-order valence-corrected chi connectivity index (χ0v) is 12.2. The summed E-state index contributed by atoms with van der Waals surface area (Å²) in [4.78, 5) is 21.3. The second kappa shape index (κ2) is 6.83. The molecule has 0 fully saturated rings. The molecule has 0 unspecified atom stereocenters. The van der Waals surface area contributed by atoms with E-state index in [-0.39, 0.29) is 16.6 Å². The first-order chi connectivity index (χ1) is 9.92. The fourth-order valence-corrected chi connectivity index (χ4v) is 2.87. The van der Waals surface area contributed by atoms with Crippen LogP contribution in [0.2, 0.25) is 0 Å². The van der Waals surface area contributed by atoms with Gasteiger partial charge in [-0.3, -0.25) is 4.79 Å². The summed E-state index contributed by atoms with van der Waals surface area (Å²) in [5.41, 5.74) is 0.551. The molecule has 0 radical (unpaired) electrons. The van der Waals surface area contributed by atoms with Gasteiger partial charge in [-0.05, 0) is 24.3 Å². The third kappa shape index (κ3) is 3.68. The van der Waals surface area contributed by atoms with Gasteiger partial charge in [0, 0.05) is 0 Å². The lowest BCUT2D eigenvalue weighted by Gasteiger charge is -1.91. The number of carbonyl (C=O) groups is 2. The van der Waals surface area contributed by atoms with Gasteiger partial charge in [-0.15, -0.1) is 0 Å². The van der Waals surface area contributed by atoms with Crippen LogP contribution in [0.5, 0.6) is 0 Å². The number of benzene rings is 2. The van der Waals surface area contributed by atoms with E-state index in [0.29, 0.717) is 5.56 Å². The average molecular weight is 322 g/mol. The topological polar surface area (TPSA) is 136 Å². The minimum absolute atomic E-state index is 0. The van der Waals surface area contributed by atoms with Crippen LogP contribution in [0.25, 0.3) is 0 Å². The number of aromatic carboxylic acids is 1. The average Bonchev–Trinajstić information content (AvgIpc) is 2.71. The van der Waals surface area contributed by atoms with E-state index in [2.05, 4.69) is 0 Å². The Balaban J connectivity index is 0.000000219. The Morgan fingerprint density at radius 1 is 0.955 bits per heavy atom. The zero-order valence-electron chi connectivity index (χ0n) is 11.4. The van der Waals surface area contributed by atoms with Crippen LogP contribution in [0.3, 0.4) is 0 Å². The van der Waals surface area contributed by atoms with Gasteiger partial charge < -0.3 is 11.3 Å². The standard InChI is InChI=1S/C7H5NO3S.C7H6O2.H3N/c9-7-5-3-1-2-4-6(5)12(10,11)8-7;8-7(9)6-4-2-1-3-5-6;/h1-4H,(H,8,9);1-5H,(H,8,9);1H3. The molecule has 8 heteroatoms. The molecule has 0 saturated heterocycles. The van der Waals surface area contributed by atoms with E-state index < -0.39 is 21.9 Å². The van der Waals surface area contributed by atoms with Crippen LogP contribution in [0.15, 0.2) is 59.5 Å². The summed E-state index contributed by atoms with van der Waals surface area (Å²) in [6.45, 7) is 0. The molecule has 0 bridgehead atoms. The Labute approximate surface area is 127 Å². The summed E-state index contributed by atoms with van der Waals surface area (Å²) in [6, 6.07) is 14.4. The molecule has 2 aromatic rings. The Morgan fingerprint density at radius 2 is 1.50 bits per heavy atom. The molecule has 0 atom stereocenters. The highest BCUT2D eigenvalue weighted by molar-refractivity contribution is 7.90. The maximum atomic E-state index is 11.1. The zero-order chi connectivity index (χ0) is 15.5. The van der Waals surface area contributed by atoms with Gasteiger partial charge in [0.05, 0.1) is 11.1 Å². The van der Waals surface area contributed by atoms with Crippen molar-refractivity contribution in [3.05, 3.63) is 65.7 Å². The second-order valence-corrected chi connectivity index (χ2v) is 5.75. The third-order valence-corrected chi connectivity index (χ3v) is 4.06. The lowest BCUT2D eigenvalue weighted by molar-refractivity contribution is 0.0696. The number of nitrogens with one attached hydrogen (secondary N) is 1. The molecule has 7 nitrogen and oxygen atoms in total. The Hall–Kier alpha value is -2.71. The van der Waals surface area contributed by atoms with Gasteiger partial charge in [0.15, 0.2) is 0 Å². The predicted octanol–water partition coefficient (Wildman–Crippen LogP) is 1.67. The number of carboxylic acid groups (broad SMARTS) is 1. The van der Waals surface area contributed by atoms with E-state index in [4.69, 9.17) is 5.11 Å². The highest BCUT2D eigenvalue weighted by Crippen LogP contribution is 2.20. The van der Waals surface area contributed by atoms with Crippen molar-refractivity contribution in [1.82, 2.24) is 10.9 Å². The Morgan fingerprint density at radius 3 is 2.00 bits per heavy atom. The fraction of sp³-hybridized carbons (Fsp3) is 0. The molecule has 1 aliphatic rings. The third-order valence-electron chi connectivity index (χ3n) is 2.67. The quantitative estimate of drug-likeness (QED) is 0.730. The number of amides is 1. The van der Waals surface area contributed by atoms with Gasteiger partial charge in [-0.1, -0.05) is 30.3 Å². The van der Waals surface area contributed by atoms with Crippen LogP contribution < -0.4 is 10.9 Å². The molecule has 0 aromatic heterocycles. The van der Waals surface area contributed by atoms with Gasteiger partial charge in [0.1, 0.15) is 4.90 Å². The van der Waals surface area contributed by atoms with Crippen LogP contribution in [0.1, 0.15) is 20.7 Å². The van der Waals surface area contributed by atoms with Gasteiger partial charge >= 0.3 is 5.97 Å². The number of sulfonamides is 1. The van der Waals surface area contributed by atoms with Gasteiger partial charge in [-0.25, -0.2) is 17.9 Å². The normalized spacial score (nSPS) is 13.7. The van der Waals surface area contributed by atoms with Crippen LogP contribution in [0.4, 0.5) is 0 Å². The molecule has 0 aliphatic carbocycles. The van der Waals surface area contributed by atoms with Crippen molar-refractivity contribution >= 4 is 21.9 Å². The van der Waals surface area contributed by atoms with E-state index in [1.807, 2.05) is 4.72 Å². The molecule has 1 aliphatic heterocycles. The van der Waals surface area contributed by atoms with Crippen molar-refractivity contribution in [3.63, 3.8) is 0 Å². The molecule has 0 spiro atoms. The molecular formula is C14H14N2O5S. The first kappa shape index (κ1) is 17.3. The highest BCUT2D eigenvalue weighted by Gasteiger charge is 2.31. The first-order valence-corrected chi connectivity index (χ1v) is 7.34. The van der Waals surface area contributed by atoms with Crippen molar-refractivity contribution in [2.45, 2.75) is 4.90 Å². The summed E-state index contributed by atoms with van der Waals surface area (Å²) in [6.07, 6.45) is 0. The van der Waals surface area contributed by atoms with E-state index in [1.54, 1.807) is 42.5 Å². The number of hydrogen-bond donors (Lipinski definition) is 3. The van der Waals surface area contributed by atoms with Crippen molar-refractivity contribution in [2.75, 3.05) is 0 Å². The molecule has 22 heavy (non-hydrogen) atoms. The van der Waals surface area contributed by atoms with E-state index in [0.717, 1.165) is 0 Å². The maximum absolute atomic E-state index is 11.1. The number of fused-ring (bicyclic) bond motifs is 1. The number of carboxylic acids is 1. The van der Waals surface area contributed by atoms with Crippen molar-refractivity contribution in [2.24, 2.45) is 0 Å². The molecule has 2 aromatic carbocycles. The lowest BCUT2D eigenvalue weighted by Crippen LogP contribution is -2.20. The van der Waals surface area contributed by atoms with Crippen LogP contribution in [-0.4, -0.2) is 25.4 Å². The molecule has 1 amide bonds. The van der Waals surface area contributed by atoms with Gasteiger partial charge in [0.2, 0.25) is 0 Å². The summed E-state index contributed by atoms with van der Waals surface area (Å²) in [7, 11) is -3.55. The maximum Gasteiger partial charge on any atom is 0.335 e. The minimum Gasteiger partial charge on any atom is -0.478 e. The largest absolute Gasteiger partial charge is 0.478 e. The lowest BCUT2D eigenvalue weighted by atomic mass is 10.2. The van der Waals surface area contributed by atoms with Crippen molar-refractivity contribution < 1.29 is 23.1 Å². The summed E-state index contributed by atoms with van der Waals surface area (Å²) < 4.78 is 24.2.